The molecule has 96 valence electrons. The molecule has 0 aliphatic heterocycles. The van der Waals surface area contributed by atoms with Crippen LogP contribution < -0.4 is 0 Å². The molecule has 0 radical (unpaired) electrons. The quantitative estimate of drug-likeness (QED) is 0.818. The van der Waals surface area contributed by atoms with E-state index in [4.69, 9.17) is 0 Å². The SMILES string of the molecule is CCC(C)CN(C)C(=O)c1cc(Br)cn1CC. The molecule has 1 amide bonds. The highest BCUT2D eigenvalue weighted by molar-refractivity contribution is 9.10. The number of carbonyl (C=O) groups is 1. The zero-order valence-electron chi connectivity index (χ0n) is 11.0. The molecule has 0 saturated heterocycles. The highest BCUT2D eigenvalue weighted by Crippen LogP contribution is 2.17. The van der Waals surface area contributed by atoms with Crippen LogP contribution in [0.25, 0.3) is 0 Å². The summed E-state index contributed by atoms with van der Waals surface area (Å²) in [6, 6.07) is 1.89. The molecule has 3 nitrogen and oxygen atoms in total. The Morgan fingerprint density at radius 1 is 1.53 bits per heavy atom. The van der Waals surface area contributed by atoms with Gasteiger partial charge in [0.25, 0.3) is 5.91 Å². The fourth-order valence-electron chi connectivity index (χ4n) is 1.79. The summed E-state index contributed by atoms with van der Waals surface area (Å²) in [6.45, 7) is 7.97. The first-order valence-corrected chi connectivity index (χ1v) is 6.90. The molecule has 0 aliphatic rings. The first kappa shape index (κ1) is 14.3. The third-order valence-electron chi connectivity index (χ3n) is 3.05. The molecule has 0 spiro atoms. The fraction of sp³-hybridized carbons (Fsp3) is 0.615. The molecule has 1 atom stereocenters. The lowest BCUT2D eigenvalue weighted by atomic mass is 10.1. The van der Waals surface area contributed by atoms with Gasteiger partial charge in [0.15, 0.2) is 0 Å². The molecule has 0 fully saturated rings. The first-order valence-electron chi connectivity index (χ1n) is 6.10. The van der Waals surface area contributed by atoms with Gasteiger partial charge in [-0.25, -0.2) is 0 Å². The van der Waals surface area contributed by atoms with Gasteiger partial charge in [-0.3, -0.25) is 4.79 Å². The molecule has 1 heterocycles. The van der Waals surface area contributed by atoms with Crippen molar-refractivity contribution in [1.82, 2.24) is 9.47 Å². The number of nitrogens with zero attached hydrogens (tertiary/aromatic N) is 2. The lowest BCUT2D eigenvalue weighted by Gasteiger charge is -2.21. The Hall–Kier alpha value is -0.770. The number of hydrogen-bond acceptors (Lipinski definition) is 1. The van der Waals surface area contributed by atoms with E-state index in [1.807, 2.05) is 35.7 Å². The molecule has 1 aromatic heterocycles. The van der Waals surface area contributed by atoms with Crippen LogP contribution in [0.2, 0.25) is 0 Å². The van der Waals surface area contributed by atoms with Gasteiger partial charge in [-0.05, 0) is 34.8 Å². The number of rotatable bonds is 5. The standard InChI is InChI=1S/C13H21BrN2O/c1-5-10(3)8-15(4)13(17)12-7-11(14)9-16(12)6-2/h7,9-10H,5-6,8H2,1-4H3. The molecule has 4 heteroatoms. The Balaban J connectivity index is 2.81. The second-order valence-corrected chi connectivity index (χ2v) is 5.44. The van der Waals surface area contributed by atoms with Crippen LogP contribution in [-0.2, 0) is 6.54 Å². The van der Waals surface area contributed by atoms with Crippen LogP contribution in [0.3, 0.4) is 0 Å². The molecule has 0 saturated carbocycles. The predicted molar refractivity (Wildman–Crippen MR) is 74.2 cm³/mol. The Morgan fingerprint density at radius 2 is 2.18 bits per heavy atom. The topological polar surface area (TPSA) is 25.2 Å². The van der Waals surface area contributed by atoms with E-state index in [2.05, 4.69) is 29.8 Å². The van der Waals surface area contributed by atoms with Gasteiger partial charge in [0.2, 0.25) is 0 Å². The lowest BCUT2D eigenvalue weighted by Crippen LogP contribution is -2.32. The summed E-state index contributed by atoms with van der Waals surface area (Å²) in [5, 5.41) is 0. The van der Waals surface area contributed by atoms with E-state index >= 15 is 0 Å². The van der Waals surface area contributed by atoms with E-state index in [1.54, 1.807) is 0 Å². The number of aryl methyl sites for hydroxylation is 1. The van der Waals surface area contributed by atoms with E-state index in [0.717, 1.165) is 29.7 Å². The van der Waals surface area contributed by atoms with Crippen molar-refractivity contribution in [2.45, 2.75) is 33.7 Å². The van der Waals surface area contributed by atoms with Gasteiger partial charge in [-0.2, -0.15) is 0 Å². The normalized spacial score (nSPS) is 12.5. The van der Waals surface area contributed by atoms with Crippen molar-refractivity contribution in [3.8, 4) is 0 Å². The van der Waals surface area contributed by atoms with Crippen LogP contribution in [0, 0.1) is 5.92 Å². The second-order valence-electron chi connectivity index (χ2n) is 4.53. The van der Waals surface area contributed by atoms with Crippen molar-refractivity contribution < 1.29 is 4.79 Å². The molecular weight excluding hydrogens is 280 g/mol. The third kappa shape index (κ3) is 3.60. The molecule has 17 heavy (non-hydrogen) atoms. The summed E-state index contributed by atoms with van der Waals surface area (Å²) < 4.78 is 2.93. The van der Waals surface area contributed by atoms with Gasteiger partial charge >= 0.3 is 0 Å². The number of carbonyl (C=O) groups excluding carboxylic acids is 1. The number of aromatic nitrogens is 1. The average Bonchev–Trinajstić information content (AvgIpc) is 2.69. The minimum atomic E-state index is 0.0952. The third-order valence-corrected chi connectivity index (χ3v) is 3.49. The second kappa shape index (κ2) is 6.24. The van der Waals surface area contributed by atoms with E-state index in [1.165, 1.54) is 0 Å². The Morgan fingerprint density at radius 3 is 2.71 bits per heavy atom. The molecular formula is C13H21BrN2O. The maximum Gasteiger partial charge on any atom is 0.270 e. The number of amides is 1. The zero-order chi connectivity index (χ0) is 13.0. The predicted octanol–water partition coefficient (Wildman–Crippen LogP) is 3.39. The molecule has 0 bridgehead atoms. The van der Waals surface area contributed by atoms with Crippen LogP contribution in [0.15, 0.2) is 16.7 Å². The molecule has 0 aromatic carbocycles. The van der Waals surface area contributed by atoms with Crippen molar-refractivity contribution in [3.63, 3.8) is 0 Å². The van der Waals surface area contributed by atoms with Crippen LogP contribution in [0.1, 0.15) is 37.7 Å². The fourth-order valence-corrected chi connectivity index (χ4v) is 2.25. The Kier molecular flexibility index (Phi) is 5.25. The molecule has 1 aromatic rings. The molecule has 0 N–H and O–H groups in total. The van der Waals surface area contributed by atoms with Crippen LogP contribution in [0.5, 0.6) is 0 Å². The highest BCUT2D eigenvalue weighted by atomic mass is 79.9. The number of hydrogen-bond donors (Lipinski definition) is 0. The van der Waals surface area contributed by atoms with Gasteiger partial charge < -0.3 is 9.47 Å². The Labute approximate surface area is 112 Å². The van der Waals surface area contributed by atoms with Crippen molar-refractivity contribution in [3.05, 3.63) is 22.4 Å². The van der Waals surface area contributed by atoms with Crippen molar-refractivity contribution in [2.24, 2.45) is 5.92 Å². The van der Waals surface area contributed by atoms with Gasteiger partial charge in [-0.1, -0.05) is 20.3 Å². The summed E-state index contributed by atoms with van der Waals surface area (Å²) >= 11 is 3.41. The maximum atomic E-state index is 12.3. The molecule has 0 aliphatic carbocycles. The van der Waals surface area contributed by atoms with Gasteiger partial charge in [0, 0.05) is 30.8 Å². The van der Waals surface area contributed by atoms with E-state index in [9.17, 15) is 4.79 Å². The summed E-state index contributed by atoms with van der Waals surface area (Å²) in [5.74, 6) is 0.635. The van der Waals surface area contributed by atoms with E-state index in [-0.39, 0.29) is 5.91 Å². The molecule has 1 rings (SSSR count). The number of halogens is 1. The van der Waals surface area contributed by atoms with E-state index in [0.29, 0.717) is 5.92 Å². The lowest BCUT2D eigenvalue weighted by molar-refractivity contribution is 0.0764. The van der Waals surface area contributed by atoms with Crippen LogP contribution in [0.4, 0.5) is 0 Å². The van der Waals surface area contributed by atoms with Crippen molar-refractivity contribution >= 4 is 21.8 Å². The van der Waals surface area contributed by atoms with Crippen LogP contribution in [-0.4, -0.2) is 29.0 Å². The largest absolute Gasteiger partial charge is 0.343 e. The van der Waals surface area contributed by atoms with Crippen molar-refractivity contribution in [1.29, 1.82) is 0 Å². The summed E-state index contributed by atoms with van der Waals surface area (Å²) in [4.78, 5) is 14.1. The zero-order valence-corrected chi connectivity index (χ0v) is 12.6. The minimum Gasteiger partial charge on any atom is -0.343 e. The van der Waals surface area contributed by atoms with Gasteiger partial charge in [-0.15, -0.1) is 0 Å². The highest BCUT2D eigenvalue weighted by Gasteiger charge is 2.17. The van der Waals surface area contributed by atoms with Crippen molar-refractivity contribution in [2.75, 3.05) is 13.6 Å². The summed E-state index contributed by atoms with van der Waals surface area (Å²) in [7, 11) is 1.87. The smallest absolute Gasteiger partial charge is 0.270 e. The van der Waals surface area contributed by atoms with Crippen LogP contribution >= 0.6 is 15.9 Å². The first-order chi connectivity index (χ1) is 7.99. The average molecular weight is 301 g/mol. The minimum absolute atomic E-state index is 0.0952. The summed E-state index contributed by atoms with van der Waals surface area (Å²) in [6.07, 6.45) is 3.04. The van der Waals surface area contributed by atoms with E-state index < -0.39 is 0 Å². The maximum absolute atomic E-state index is 12.3. The Bertz CT molecular complexity index is 387. The van der Waals surface area contributed by atoms with Gasteiger partial charge in [0.05, 0.1) is 0 Å². The monoisotopic (exact) mass is 300 g/mol. The molecule has 1 unspecified atom stereocenters. The summed E-state index contributed by atoms with van der Waals surface area (Å²) in [5.41, 5.74) is 0.755. The van der Waals surface area contributed by atoms with Gasteiger partial charge in [0.1, 0.15) is 5.69 Å².